The second-order valence-electron chi connectivity index (χ2n) is 19.3. The molecule has 0 atom stereocenters. The smallest absolute Gasteiger partial charge is 0.416 e. The minimum atomic E-state index is -5.41. The molecule has 4 N–H and O–H groups in total. The number of fused-ring (bicyclic) bond motifs is 13. The second kappa shape index (κ2) is 23.1. The van der Waals surface area contributed by atoms with Crippen LogP contribution in [0.5, 0.6) is 11.5 Å². The zero-order valence-electron chi connectivity index (χ0n) is 43.9. The van der Waals surface area contributed by atoms with Gasteiger partial charge >= 0.3 is 24.7 Å². The molecule has 0 saturated heterocycles. The summed E-state index contributed by atoms with van der Waals surface area (Å²) in [6, 6.07) is 25.6. The minimum Gasteiger partial charge on any atom is -0.492 e. The maximum absolute atomic E-state index is 14.7. The average Bonchev–Trinajstić information content (AvgIpc) is 0.784. The largest absolute Gasteiger partial charge is 0.492 e. The molecule has 15 nitrogen and oxygen atoms in total. The lowest BCUT2D eigenvalue weighted by molar-refractivity contribution is -0.384. The van der Waals surface area contributed by atoms with Crippen LogP contribution in [0, 0.1) is 10.1 Å². The highest BCUT2D eigenvalue weighted by Gasteiger charge is 2.40. The Morgan fingerprint density at radius 1 is 0.414 bits per heavy atom. The van der Waals surface area contributed by atoms with Crippen molar-refractivity contribution in [2.45, 2.75) is 37.5 Å². The number of ether oxygens (including phenoxy) is 2. The van der Waals surface area contributed by atoms with Gasteiger partial charge in [-0.25, -0.2) is 9.97 Å². The van der Waals surface area contributed by atoms with E-state index < -0.39 is 152 Å². The fraction of sp³-hybridized carbons (Fsp3) is 0.133. The molecular formula is C60H37F12N7O8. The van der Waals surface area contributed by atoms with Crippen molar-refractivity contribution in [2.75, 3.05) is 34.5 Å². The molecule has 0 unspecified atom stereocenters. The number of aromatic nitrogens is 2. The van der Waals surface area contributed by atoms with Crippen LogP contribution in [0.4, 0.5) is 81.6 Å². The lowest BCUT2D eigenvalue weighted by Gasteiger charge is -2.25. The van der Waals surface area contributed by atoms with Crippen LogP contribution in [0.25, 0.3) is 54.9 Å². The number of pyridine rings is 2. The zero-order chi connectivity index (χ0) is 62.3. The number of amides is 4. The van der Waals surface area contributed by atoms with E-state index in [1.54, 1.807) is 0 Å². The molecule has 0 radical (unpaired) electrons. The summed E-state index contributed by atoms with van der Waals surface area (Å²) in [5, 5.41) is 22.0. The lowest BCUT2D eigenvalue weighted by atomic mass is 9.85. The van der Waals surface area contributed by atoms with E-state index in [0.29, 0.717) is 24.3 Å². The van der Waals surface area contributed by atoms with Crippen molar-refractivity contribution in [3.63, 3.8) is 0 Å². The zero-order valence-corrected chi connectivity index (χ0v) is 43.9. The molecule has 0 aliphatic carbocycles. The predicted molar refractivity (Wildman–Crippen MR) is 293 cm³/mol. The van der Waals surface area contributed by atoms with Crippen LogP contribution >= 0.6 is 0 Å². The number of anilines is 4. The number of hydrogen-bond acceptors (Lipinski definition) is 10. The second-order valence-corrected chi connectivity index (χ2v) is 19.3. The van der Waals surface area contributed by atoms with Gasteiger partial charge in [-0.3, -0.25) is 29.3 Å². The molecule has 0 fully saturated rings. The van der Waals surface area contributed by atoms with Crippen LogP contribution in [0.3, 0.4) is 0 Å². The van der Waals surface area contributed by atoms with E-state index in [4.69, 9.17) is 9.47 Å². The molecule has 9 aromatic rings. The molecule has 4 amide bonds. The van der Waals surface area contributed by atoms with Crippen molar-refractivity contribution in [3.8, 4) is 44.9 Å². The van der Waals surface area contributed by atoms with Crippen molar-refractivity contribution in [1.29, 1.82) is 0 Å². The number of nitro benzene ring substituents is 1. The van der Waals surface area contributed by atoms with Gasteiger partial charge in [-0.05, 0) is 112 Å². The van der Waals surface area contributed by atoms with Crippen molar-refractivity contribution < 1.29 is 86.3 Å². The maximum atomic E-state index is 14.7. The Balaban J connectivity index is 1.22. The van der Waals surface area contributed by atoms with Crippen molar-refractivity contribution in [1.82, 2.24) is 9.97 Å². The minimum absolute atomic E-state index is 0.0554. The molecule has 2 aromatic heterocycles. The Kier molecular flexibility index (Phi) is 15.8. The summed E-state index contributed by atoms with van der Waals surface area (Å²) in [5.74, 6) is -6.00. The van der Waals surface area contributed by atoms with E-state index >= 15 is 0 Å². The first kappa shape index (κ1) is 59.6. The SMILES string of the molecule is O=C1CCOc2c(-c3cc(C(F)(F)F)cc(C(F)(F)F)c3)cc3ccccc3c2-c2c(c(-c3cc(C(F)(F)F)cc(C(F)(F)F)c3)cc3ccccc23)OCCC(=O)Nc2cccc(n2)NC(=O)c2cc(cc([N+](=O)[O-])c2)C(=O)Nc2cccc(n2)N1. The number of nitro groups is 1. The van der Waals surface area contributed by atoms with Gasteiger partial charge in [0.05, 0.1) is 53.2 Å². The van der Waals surface area contributed by atoms with Crippen LogP contribution in [-0.4, -0.2) is 51.7 Å². The van der Waals surface area contributed by atoms with E-state index in [9.17, 15) is 82.0 Å². The Morgan fingerprint density at radius 2 is 0.759 bits per heavy atom. The predicted octanol–water partition coefficient (Wildman–Crippen LogP) is 15.4. The summed E-state index contributed by atoms with van der Waals surface area (Å²) >= 11 is 0. The van der Waals surface area contributed by atoms with Gasteiger partial charge in [0.1, 0.15) is 34.8 Å². The third-order valence-corrected chi connectivity index (χ3v) is 13.4. The molecule has 0 saturated carbocycles. The molecule has 27 heteroatoms. The summed E-state index contributed by atoms with van der Waals surface area (Å²) in [5.41, 5.74) is -11.7. The number of benzene rings is 7. The van der Waals surface area contributed by atoms with E-state index in [1.165, 1.54) is 97.1 Å². The highest BCUT2D eigenvalue weighted by atomic mass is 19.4. The van der Waals surface area contributed by atoms with Crippen molar-refractivity contribution in [3.05, 3.63) is 195 Å². The molecular weight excluding hydrogens is 1170 g/mol. The lowest BCUT2D eigenvalue weighted by Crippen LogP contribution is -2.19. The van der Waals surface area contributed by atoms with Gasteiger partial charge in [-0.1, -0.05) is 60.7 Å². The van der Waals surface area contributed by atoms with E-state index in [1.807, 2.05) is 0 Å². The first-order valence-corrected chi connectivity index (χ1v) is 25.5. The first-order chi connectivity index (χ1) is 41.1. The monoisotopic (exact) mass is 1210 g/mol. The normalized spacial score (nSPS) is 14.1. The fourth-order valence-corrected chi connectivity index (χ4v) is 9.51. The van der Waals surface area contributed by atoms with Gasteiger partial charge in [0, 0.05) is 45.5 Å². The number of rotatable bonds is 3. The highest BCUT2D eigenvalue weighted by Crippen LogP contribution is 2.54. The quantitative estimate of drug-likeness (QED) is 0.0748. The molecule has 6 bridgehead atoms. The number of nitrogens with zero attached hydrogens (tertiary/aromatic N) is 3. The number of hydrogen-bond donors (Lipinski definition) is 4. The summed E-state index contributed by atoms with van der Waals surface area (Å²) < 4.78 is 189. The molecule has 3 heterocycles. The highest BCUT2D eigenvalue weighted by molar-refractivity contribution is 6.15. The molecule has 10 rings (SSSR count). The van der Waals surface area contributed by atoms with Crippen LogP contribution in [0.2, 0.25) is 0 Å². The van der Waals surface area contributed by atoms with Gasteiger partial charge in [0.2, 0.25) is 11.8 Å². The van der Waals surface area contributed by atoms with Crippen molar-refractivity contribution in [2.24, 2.45) is 0 Å². The summed E-state index contributed by atoms with van der Waals surface area (Å²) in [7, 11) is 0. The molecule has 0 spiro atoms. The Morgan fingerprint density at radius 3 is 1.10 bits per heavy atom. The third kappa shape index (κ3) is 13.2. The van der Waals surface area contributed by atoms with Crippen molar-refractivity contribution >= 4 is 74.1 Å². The summed E-state index contributed by atoms with van der Waals surface area (Å²) in [6.07, 6.45) is -23.0. The number of nitrogens with one attached hydrogen (secondary N) is 4. The first-order valence-electron chi connectivity index (χ1n) is 25.5. The van der Waals surface area contributed by atoms with Crippen LogP contribution < -0.4 is 30.7 Å². The molecule has 1 aliphatic heterocycles. The maximum Gasteiger partial charge on any atom is 0.416 e. The standard InChI is InChI=1S/C60H37F12N7O8/c61-57(62,63)36-20-32(21-37(28-36)58(64,65)66)43-26-30-7-1-3-9-41(30)51-52-42-10-4-2-8-31(42)27-44(33-22-38(59(67,68)69)29-39(23-33)60(70,71)72)54(52)87-18-16-50(81)76-46-12-6-14-48(74-46)78-56(83)35-19-34(24-40(25-35)79(84)85)55(82)77-47-13-5-11-45(73-47)75-49(80)15-17-86-53(43)51/h1-14,19-29H,15-18H2,(H2,73,75,77,80,82)(H2,74,76,78,81,83). The van der Waals surface area contributed by atoms with Gasteiger partial charge < -0.3 is 30.7 Å². The van der Waals surface area contributed by atoms with Crippen LogP contribution in [0.15, 0.2) is 152 Å². The number of carbonyl (C=O) groups is 4. The fourth-order valence-electron chi connectivity index (χ4n) is 9.51. The Hall–Kier alpha value is -10.6. The number of non-ortho nitro benzene ring substituents is 1. The molecule has 7 aromatic carbocycles. The Bertz CT molecular complexity index is 3960. The van der Waals surface area contributed by atoms with E-state index in [-0.39, 0.29) is 68.1 Å². The average molecular weight is 1210 g/mol. The van der Waals surface area contributed by atoms with Crippen LogP contribution in [-0.2, 0) is 34.3 Å². The third-order valence-electron chi connectivity index (χ3n) is 13.4. The molecule has 1 aliphatic rings. The van der Waals surface area contributed by atoms with Gasteiger partial charge in [0.15, 0.2) is 0 Å². The van der Waals surface area contributed by atoms with Gasteiger partial charge in [-0.15, -0.1) is 0 Å². The molecule has 444 valence electrons. The van der Waals surface area contributed by atoms with E-state index in [0.717, 1.165) is 18.2 Å². The van der Waals surface area contributed by atoms with Crippen LogP contribution in [0.1, 0.15) is 55.8 Å². The summed E-state index contributed by atoms with van der Waals surface area (Å²) in [4.78, 5) is 74.4. The van der Waals surface area contributed by atoms with Gasteiger partial charge in [-0.2, -0.15) is 52.7 Å². The topological polar surface area (TPSA) is 204 Å². The number of halogens is 12. The molecule has 87 heavy (non-hydrogen) atoms. The Labute approximate surface area is 481 Å². The summed E-state index contributed by atoms with van der Waals surface area (Å²) in [6.45, 7) is -1.58. The van der Waals surface area contributed by atoms with Gasteiger partial charge in [0.25, 0.3) is 17.5 Å². The number of carbonyl (C=O) groups excluding carboxylic acids is 4. The van der Waals surface area contributed by atoms with E-state index in [2.05, 4.69) is 31.2 Å². The number of alkyl halides is 12.